The van der Waals surface area contributed by atoms with Crippen molar-refractivity contribution in [3.8, 4) is 0 Å². The van der Waals surface area contributed by atoms with Gasteiger partial charge in [0.05, 0.1) is 35.9 Å². The van der Waals surface area contributed by atoms with Gasteiger partial charge in [-0.2, -0.15) is 0 Å². The second kappa shape index (κ2) is 6.20. The molecule has 1 aromatic rings. The van der Waals surface area contributed by atoms with Crippen molar-refractivity contribution < 1.29 is 14.3 Å². The van der Waals surface area contributed by atoms with Crippen molar-refractivity contribution in [1.82, 2.24) is 4.98 Å². The average Bonchev–Trinajstić information content (AvgIpc) is 2.27. The Morgan fingerprint density at radius 3 is 2.82 bits per heavy atom. The first-order chi connectivity index (χ1) is 8.00. The molecule has 0 radical (unpaired) electrons. The number of pyridine rings is 1. The Hall–Kier alpha value is -1.62. The molecule has 5 nitrogen and oxygen atoms in total. The molecule has 0 saturated heterocycles. The standard InChI is InChI=1S/C12H18N2O3/c1-8(2)16-4-5-17-12(15)11-6-10(13)7-14-9(11)3/h6-8H,4-5,13H2,1-3H3. The lowest BCUT2D eigenvalue weighted by molar-refractivity contribution is 0.0176. The predicted molar refractivity (Wildman–Crippen MR) is 64.8 cm³/mol. The molecule has 0 saturated carbocycles. The van der Waals surface area contributed by atoms with Crippen molar-refractivity contribution in [2.75, 3.05) is 18.9 Å². The Balaban J connectivity index is 2.49. The number of nitrogens with zero attached hydrogens (tertiary/aromatic N) is 1. The molecule has 1 rings (SSSR count). The highest BCUT2D eigenvalue weighted by Gasteiger charge is 2.11. The first-order valence-electron chi connectivity index (χ1n) is 5.51. The maximum absolute atomic E-state index is 11.7. The van der Waals surface area contributed by atoms with Gasteiger partial charge in [0, 0.05) is 0 Å². The minimum atomic E-state index is -0.422. The summed E-state index contributed by atoms with van der Waals surface area (Å²) in [7, 11) is 0. The summed E-state index contributed by atoms with van der Waals surface area (Å²) in [4.78, 5) is 15.7. The summed E-state index contributed by atoms with van der Waals surface area (Å²) in [6, 6.07) is 1.56. The van der Waals surface area contributed by atoms with Crippen LogP contribution in [0.15, 0.2) is 12.3 Å². The van der Waals surface area contributed by atoms with Crippen LogP contribution >= 0.6 is 0 Å². The van der Waals surface area contributed by atoms with Crippen molar-refractivity contribution in [1.29, 1.82) is 0 Å². The van der Waals surface area contributed by atoms with E-state index in [-0.39, 0.29) is 12.7 Å². The number of anilines is 1. The zero-order valence-electron chi connectivity index (χ0n) is 10.4. The molecule has 0 unspecified atom stereocenters. The van der Waals surface area contributed by atoms with Crippen LogP contribution in [0.4, 0.5) is 5.69 Å². The molecule has 0 aromatic carbocycles. The van der Waals surface area contributed by atoms with Gasteiger partial charge in [-0.1, -0.05) is 0 Å². The fourth-order valence-corrected chi connectivity index (χ4v) is 1.25. The third kappa shape index (κ3) is 4.40. The van der Waals surface area contributed by atoms with Crippen LogP contribution < -0.4 is 5.73 Å². The van der Waals surface area contributed by atoms with Gasteiger partial charge in [-0.3, -0.25) is 4.98 Å². The number of hydrogen-bond acceptors (Lipinski definition) is 5. The van der Waals surface area contributed by atoms with Gasteiger partial charge in [0.1, 0.15) is 6.61 Å². The van der Waals surface area contributed by atoms with Gasteiger partial charge < -0.3 is 15.2 Å². The molecule has 0 bridgehead atoms. The summed E-state index contributed by atoms with van der Waals surface area (Å²) in [5.41, 5.74) is 7.01. The molecule has 0 aliphatic heterocycles. The van der Waals surface area contributed by atoms with Crippen molar-refractivity contribution in [3.05, 3.63) is 23.5 Å². The van der Waals surface area contributed by atoms with E-state index >= 15 is 0 Å². The Bertz CT molecular complexity index is 391. The number of nitrogens with two attached hydrogens (primary N) is 1. The average molecular weight is 238 g/mol. The molecule has 1 heterocycles. The number of ether oxygens (including phenoxy) is 2. The van der Waals surface area contributed by atoms with Crippen LogP contribution in [-0.4, -0.2) is 30.3 Å². The SMILES string of the molecule is Cc1ncc(N)cc1C(=O)OCCOC(C)C. The van der Waals surface area contributed by atoms with Gasteiger partial charge >= 0.3 is 5.97 Å². The summed E-state index contributed by atoms with van der Waals surface area (Å²) in [5, 5.41) is 0. The van der Waals surface area contributed by atoms with E-state index in [0.717, 1.165) is 0 Å². The number of aromatic nitrogens is 1. The predicted octanol–water partition coefficient (Wildman–Crippen LogP) is 1.55. The van der Waals surface area contributed by atoms with E-state index < -0.39 is 5.97 Å². The molecule has 0 aliphatic carbocycles. The van der Waals surface area contributed by atoms with Crippen LogP contribution in [0.25, 0.3) is 0 Å². The fraction of sp³-hybridized carbons (Fsp3) is 0.500. The molecule has 1 aromatic heterocycles. The Labute approximate surface area is 101 Å². The van der Waals surface area contributed by atoms with E-state index in [2.05, 4.69) is 4.98 Å². The minimum Gasteiger partial charge on any atom is -0.460 e. The lowest BCUT2D eigenvalue weighted by atomic mass is 10.2. The lowest BCUT2D eigenvalue weighted by Crippen LogP contribution is -2.15. The summed E-state index contributed by atoms with van der Waals surface area (Å²) >= 11 is 0. The summed E-state index contributed by atoms with van der Waals surface area (Å²) < 4.78 is 10.3. The Morgan fingerprint density at radius 2 is 2.18 bits per heavy atom. The molecule has 5 heteroatoms. The van der Waals surface area contributed by atoms with E-state index in [1.54, 1.807) is 13.0 Å². The highest BCUT2D eigenvalue weighted by Crippen LogP contribution is 2.10. The third-order valence-electron chi connectivity index (χ3n) is 2.10. The van der Waals surface area contributed by atoms with Crippen LogP contribution in [0.1, 0.15) is 29.9 Å². The van der Waals surface area contributed by atoms with Crippen molar-refractivity contribution in [2.45, 2.75) is 26.9 Å². The maximum Gasteiger partial charge on any atom is 0.340 e. The summed E-state index contributed by atoms with van der Waals surface area (Å²) in [5.74, 6) is -0.422. The summed E-state index contributed by atoms with van der Waals surface area (Å²) in [6.45, 7) is 6.20. The van der Waals surface area contributed by atoms with Gasteiger partial charge in [0.2, 0.25) is 0 Å². The number of hydrogen-bond donors (Lipinski definition) is 1. The number of rotatable bonds is 5. The van der Waals surface area contributed by atoms with Gasteiger partial charge in [0.25, 0.3) is 0 Å². The first-order valence-corrected chi connectivity index (χ1v) is 5.51. The number of carbonyl (C=O) groups excluding carboxylic acids is 1. The molecule has 0 aliphatic rings. The van der Waals surface area contributed by atoms with Gasteiger partial charge in [-0.05, 0) is 26.8 Å². The normalized spacial score (nSPS) is 10.6. The van der Waals surface area contributed by atoms with Gasteiger partial charge in [0.15, 0.2) is 0 Å². The largest absolute Gasteiger partial charge is 0.460 e. The molecule has 94 valence electrons. The highest BCUT2D eigenvalue weighted by molar-refractivity contribution is 5.91. The van der Waals surface area contributed by atoms with Crippen molar-refractivity contribution in [3.63, 3.8) is 0 Å². The highest BCUT2D eigenvalue weighted by atomic mass is 16.6. The second-order valence-electron chi connectivity index (χ2n) is 3.96. The van der Waals surface area contributed by atoms with Gasteiger partial charge in [-0.25, -0.2) is 4.79 Å². The maximum atomic E-state index is 11.7. The zero-order chi connectivity index (χ0) is 12.8. The van der Waals surface area contributed by atoms with Crippen molar-refractivity contribution in [2.24, 2.45) is 0 Å². The van der Waals surface area contributed by atoms with E-state index in [0.29, 0.717) is 23.6 Å². The molecule has 0 amide bonds. The molecular weight excluding hydrogens is 220 g/mol. The topological polar surface area (TPSA) is 74.4 Å². The van der Waals surface area contributed by atoms with Crippen LogP contribution in [0.2, 0.25) is 0 Å². The quantitative estimate of drug-likeness (QED) is 0.622. The monoisotopic (exact) mass is 238 g/mol. The molecule has 0 atom stereocenters. The lowest BCUT2D eigenvalue weighted by Gasteiger charge is -2.09. The molecule has 0 spiro atoms. The van der Waals surface area contributed by atoms with E-state index in [4.69, 9.17) is 15.2 Å². The van der Waals surface area contributed by atoms with Crippen LogP contribution in [0.3, 0.4) is 0 Å². The van der Waals surface area contributed by atoms with Gasteiger partial charge in [-0.15, -0.1) is 0 Å². The first kappa shape index (κ1) is 13.4. The number of aryl methyl sites for hydroxylation is 1. The van der Waals surface area contributed by atoms with E-state index in [1.165, 1.54) is 6.20 Å². The molecule has 17 heavy (non-hydrogen) atoms. The third-order valence-corrected chi connectivity index (χ3v) is 2.10. The second-order valence-corrected chi connectivity index (χ2v) is 3.96. The van der Waals surface area contributed by atoms with E-state index in [9.17, 15) is 4.79 Å². The zero-order valence-corrected chi connectivity index (χ0v) is 10.4. The van der Waals surface area contributed by atoms with Crippen LogP contribution in [0.5, 0.6) is 0 Å². The number of esters is 1. The molecule has 2 N–H and O–H groups in total. The Morgan fingerprint density at radius 1 is 1.47 bits per heavy atom. The van der Waals surface area contributed by atoms with E-state index in [1.807, 2.05) is 13.8 Å². The van der Waals surface area contributed by atoms with Crippen LogP contribution in [0, 0.1) is 6.92 Å². The van der Waals surface area contributed by atoms with Crippen molar-refractivity contribution >= 4 is 11.7 Å². The molecule has 0 fully saturated rings. The molecular formula is C12H18N2O3. The summed E-state index contributed by atoms with van der Waals surface area (Å²) in [6.07, 6.45) is 1.64. The minimum absolute atomic E-state index is 0.129. The fourth-order valence-electron chi connectivity index (χ4n) is 1.25. The number of nitrogen functional groups attached to an aromatic ring is 1. The Kier molecular flexibility index (Phi) is 4.90. The van der Waals surface area contributed by atoms with Crippen LogP contribution in [-0.2, 0) is 9.47 Å². The smallest absolute Gasteiger partial charge is 0.340 e. The number of carbonyl (C=O) groups is 1.